The number of para-hydroxylation sites is 1. The summed E-state index contributed by atoms with van der Waals surface area (Å²) in [7, 11) is 0. The van der Waals surface area contributed by atoms with Crippen LogP contribution in [0.4, 0.5) is 5.69 Å². The monoisotopic (exact) mass is 350 g/mol. The number of thioether (sulfide) groups is 1. The normalized spacial score (nSPS) is 17.4. The molecule has 0 unspecified atom stereocenters. The Bertz CT molecular complexity index is 620. The molecule has 6 nitrogen and oxygen atoms in total. The molecular weight excluding hydrogens is 328 g/mol. The molecule has 0 aliphatic carbocycles. The highest BCUT2D eigenvalue weighted by Gasteiger charge is 2.29. The van der Waals surface area contributed by atoms with Gasteiger partial charge in [-0.15, -0.1) is 11.8 Å². The van der Waals surface area contributed by atoms with Crippen molar-refractivity contribution < 1.29 is 19.1 Å². The standard InChI is InChI=1S/C17H22N2O4S/c1-3-6-11(2)18-15(20)10-23-16(21)9-14-17(22)19-12-7-4-5-8-13(12)24-14/h4-5,7-8,11,14H,3,6,9-10H2,1-2H3,(H,18,20)(H,19,22)/t11-,14-/m0/s1. The van der Waals surface area contributed by atoms with Gasteiger partial charge in [0, 0.05) is 10.9 Å². The van der Waals surface area contributed by atoms with Crippen molar-refractivity contribution in [3.63, 3.8) is 0 Å². The maximum atomic E-state index is 12.0. The molecule has 130 valence electrons. The summed E-state index contributed by atoms with van der Waals surface area (Å²) in [6.45, 7) is 3.62. The van der Waals surface area contributed by atoms with Crippen molar-refractivity contribution >= 4 is 35.2 Å². The number of rotatable bonds is 7. The van der Waals surface area contributed by atoms with Gasteiger partial charge in [-0.05, 0) is 25.5 Å². The molecule has 0 fully saturated rings. The lowest BCUT2D eigenvalue weighted by molar-refractivity contribution is -0.149. The Morgan fingerprint density at radius 1 is 1.38 bits per heavy atom. The molecule has 7 heteroatoms. The smallest absolute Gasteiger partial charge is 0.307 e. The summed E-state index contributed by atoms with van der Waals surface area (Å²) in [6, 6.07) is 7.47. The zero-order chi connectivity index (χ0) is 17.5. The topological polar surface area (TPSA) is 84.5 Å². The van der Waals surface area contributed by atoms with E-state index in [4.69, 9.17) is 4.74 Å². The third kappa shape index (κ3) is 5.26. The molecule has 1 aliphatic rings. The lowest BCUT2D eigenvalue weighted by Gasteiger charge is -2.23. The Morgan fingerprint density at radius 2 is 2.12 bits per heavy atom. The molecule has 0 aromatic heterocycles. The molecule has 2 rings (SSSR count). The van der Waals surface area contributed by atoms with E-state index >= 15 is 0 Å². The first kappa shape index (κ1) is 18.3. The number of carbonyl (C=O) groups is 3. The van der Waals surface area contributed by atoms with Crippen molar-refractivity contribution in [1.82, 2.24) is 5.32 Å². The minimum atomic E-state index is -0.555. The number of anilines is 1. The average Bonchev–Trinajstić information content (AvgIpc) is 2.54. The van der Waals surface area contributed by atoms with Gasteiger partial charge in [-0.2, -0.15) is 0 Å². The van der Waals surface area contributed by atoms with Crippen LogP contribution in [0.2, 0.25) is 0 Å². The molecule has 0 bridgehead atoms. The first-order valence-electron chi connectivity index (χ1n) is 8.01. The van der Waals surface area contributed by atoms with Gasteiger partial charge in [0.25, 0.3) is 5.91 Å². The zero-order valence-electron chi connectivity index (χ0n) is 13.8. The van der Waals surface area contributed by atoms with Gasteiger partial charge in [-0.3, -0.25) is 14.4 Å². The quantitative estimate of drug-likeness (QED) is 0.738. The predicted molar refractivity (Wildman–Crippen MR) is 92.8 cm³/mol. The zero-order valence-corrected chi connectivity index (χ0v) is 14.7. The van der Waals surface area contributed by atoms with E-state index in [-0.39, 0.29) is 30.9 Å². The first-order valence-corrected chi connectivity index (χ1v) is 8.89. The van der Waals surface area contributed by atoms with E-state index < -0.39 is 11.2 Å². The number of fused-ring (bicyclic) bond motifs is 1. The van der Waals surface area contributed by atoms with Crippen LogP contribution in [-0.4, -0.2) is 35.7 Å². The number of benzene rings is 1. The van der Waals surface area contributed by atoms with Crippen molar-refractivity contribution in [3.05, 3.63) is 24.3 Å². The van der Waals surface area contributed by atoms with Gasteiger partial charge in [0.1, 0.15) is 0 Å². The van der Waals surface area contributed by atoms with E-state index in [0.717, 1.165) is 23.4 Å². The van der Waals surface area contributed by atoms with Crippen LogP contribution in [0.5, 0.6) is 0 Å². The summed E-state index contributed by atoms with van der Waals surface area (Å²) >= 11 is 1.33. The van der Waals surface area contributed by atoms with E-state index in [0.29, 0.717) is 0 Å². The van der Waals surface area contributed by atoms with Crippen molar-refractivity contribution in [3.8, 4) is 0 Å². The van der Waals surface area contributed by atoms with E-state index in [9.17, 15) is 14.4 Å². The van der Waals surface area contributed by atoms with Gasteiger partial charge < -0.3 is 15.4 Å². The second-order valence-electron chi connectivity index (χ2n) is 5.71. The summed E-state index contributed by atoms with van der Waals surface area (Å²) < 4.78 is 4.98. The fraction of sp³-hybridized carbons (Fsp3) is 0.471. The van der Waals surface area contributed by atoms with Crippen molar-refractivity contribution in [2.45, 2.75) is 49.3 Å². The van der Waals surface area contributed by atoms with E-state index in [1.165, 1.54) is 11.8 Å². The Labute approximate surface area is 145 Å². The second-order valence-corrected chi connectivity index (χ2v) is 6.96. The van der Waals surface area contributed by atoms with Gasteiger partial charge in [0.2, 0.25) is 5.91 Å². The van der Waals surface area contributed by atoms with E-state index in [1.807, 2.05) is 38.1 Å². The van der Waals surface area contributed by atoms with Crippen LogP contribution >= 0.6 is 11.8 Å². The summed E-state index contributed by atoms with van der Waals surface area (Å²) in [5.41, 5.74) is 0.751. The molecule has 1 heterocycles. The molecule has 0 saturated heterocycles. The molecule has 2 amide bonds. The Kier molecular flexibility index (Phi) is 6.66. The minimum Gasteiger partial charge on any atom is -0.456 e. The van der Waals surface area contributed by atoms with Crippen LogP contribution in [-0.2, 0) is 19.1 Å². The Morgan fingerprint density at radius 3 is 2.88 bits per heavy atom. The second kappa shape index (κ2) is 8.73. The molecule has 1 aliphatic heterocycles. The largest absolute Gasteiger partial charge is 0.456 e. The number of hydrogen-bond acceptors (Lipinski definition) is 5. The average molecular weight is 350 g/mol. The number of esters is 1. The molecular formula is C17H22N2O4S. The summed E-state index contributed by atoms with van der Waals surface area (Å²) in [4.78, 5) is 36.5. The van der Waals surface area contributed by atoms with Gasteiger partial charge in [-0.25, -0.2) is 0 Å². The maximum absolute atomic E-state index is 12.0. The van der Waals surface area contributed by atoms with Crippen LogP contribution in [0, 0.1) is 0 Å². The highest BCUT2D eigenvalue weighted by Crippen LogP contribution is 2.36. The molecule has 24 heavy (non-hydrogen) atoms. The third-order valence-corrected chi connectivity index (χ3v) is 4.83. The van der Waals surface area contributed by atoms with Crippen LogP contribution < -0.4 is 10.6 Å². The third-order valence-electron chi connectivity index (χ3n) is 3.55. The van der Waals surface area contributed by atoms with Crippen LogP contribution in [0.25, 0.3) is 0 Å². The van der Waals surface area contributed by atoms with Gasteiger partial charge in [-0.1, -0.05) is 25.5 Å². The predicted octanol–water partition coefficient (Wildman–Crippen LogP) is 2.34. The lowest BCUT2D eigenvalue weighted by Crippen LogP contribution is -2.36. The van der Waals surface area contributed by atoms with Crippen molar-refractivity contribution in [2.75, 3.05) is 11.9 Å². The van der Waals surface area contributed by atoms with Crippen molar-refractivity contribution in [2.24, 2.45) is 0 Å². The molecule has 1 aromatic carbocycles. The summed E-state index contributed by atoms with van der Waals surface area (Å²) in [5.74, 6) is -1.10. The fourth-order valence-electron chi connectivity index (χ4n) is 2.41. The van der Waals surface area contributed by atoms with E-state index in [1.54, 1.807) is 0 Å². The Balaban J connectivity index is 1.78. The van der Waals surface area contributed by atoms with Crippen LogP contribution in [0.1, 0.15) is 33.1 Å². The first-order chi connectivity index (χ1) is 11.5. The molecule has 1 aromatic rings. The lowest BCUT2D eigenvalue weighted by atomic mass is 10.2. The number of nitrogens with one attached hydrogen (secondary N) is 2. The molecule has 2 N–H and O–H groups in total. The fourth-order valence-corrected chi connectivity index (χ4v) is 3.50. The highest BCUT2D eigenvalue weighted by atomic mass is 32.2. The number of carbonyl (C=O) groups excluding carboxylic acids is 3. The molecule has 2 atom stereocenters. The number of hydrogen-bond donors (Lipinski definition) is 2. The summed E-state index contributed by atoms with van der Waals surface area (Å²) in [5, 5.41) is 4.99. The van der Waals surface area contributed by atoms with E-state index in [2.05, 4.69) is 10.6 Å². The van der Waals surface area contributed by atoms with Crippen LogP contribution in [0.3, 0.4) is 0 Å². The van der Waals surface area contributed by atoms with Gasteiger partial charge >= 0.3 is 5.97 Å². The SMILES string of the molecule is CCC[C@H](C)NC(=O)COC(=O)C[C@@H]1Sc2ccccc2NC1=O. The maximum Gasteiger partial charge on any atom is 0.307 e. The number of amides is 2. The van der Waals surface area contributed by atoms with Gasteiger partial charge in [0.05, 0.1) is 17.4 Å². The Hall–Kier alpha value is -2.02. The summed E-state index contributed by atoms with van der Waals surface area (Å²) in [6.07, 6.45) is 1.78. The molecule has 0 saturated carbocycles. The number of ether oxygens (including phenoxy) is 1. The van der Waals surface area contributed by atoms with Crippen LogP contribution in [0.15, 0.2) is 29.2 Å². The van der Waals surface area contributed by atoms with Crippen molar-refractivity contribution in [1.29, 1.82) is 0 Å². The molecule has 0 spiro atoms. The van der Waals surface area contributed by atoms with Gasteiger partial charge in [0.15, 0.2) is 6.61 Å². The molecule has 0 radical (unpaired) electrons. The highest BCUT2D eigenvalue weighted by molar-refractivity contribution is 8.01. The minimum absolute atomic E-state index is 0.0531.